The Morgan fingerprint density at radius 3 is 3.13 bits per heavy atom. The minimum Gasteiger partial charge on any atom is -0.445 e. The molecular formula is C9H9N3O3. The van der Waals surface area contributed by atoms with E-state index in [9.17, 15) is 10.0 Å². The normalized spacial score (nSPS) is 24.7. The molecule has 0 radical (unpaired) electrons. The average molecular weight is 207 g/mol. The third-order valence-electron chi connectivity index (χ3n) is 2.65. The highest BCUT2D eigenvalue weighted by molar-refractivity contribution is 5.81. The topological polar surface area (TPSA) is 69.8 Å². The summed E-state index contributed by atoms with van der Waals surface area (Å²) in [5.41, 5.74) is 0.834. The zero-order valence-electron chi connectivity index (χ0n) is 7.83. The van der Waals surface area contributed by atoms with Crippen LogP contribution in [0.5, 0.6) is 0 Å². The van der Waals surface area contributed by atoms with E-state index in [-0.39, 0.29) is 12.1 Å². The fourth-order valence-corrected chi connectivity index (χ4v) is 1.93. The Bertz CT molecular complexity index is 426. The standard InChI is InChI=1S/C9H9N3O3/c13-9-11-4-6(8-10-1-2-15-8)3-7(5-11)12(9)14/h1-3,7,14H,4-5H2/t7-/m1/s1. The van der Waals surface area contributed by atoms with Crippen LogP contribution in [-0.4, -0.2) is 45.3 Å². The second-order valence-corrected chi connectivity index (χ2v) is 3.60. The van der Waals surface area contributed by atoms with Crippen LogP contribution >= 0.6 is 0 Å². The van der Waals surface area contributed by atoms with Gasteiger partial charge >= 0.3 is 6.03 Å². The molecule has 2 aliphatic heterocycles. The molecule has 1 aromatic rings. The summed E-state index contributed by atoms with van der Waals surface area (Å²) in [4.78, 5) is 17.0. The monoisotopic (exact) mass is 207 g/mol. The van der Waals surface area contributed by atoms with Crippen LogP contribution in [0.4, 0.5) is 4.79 Å². The number of fused-ring (bicyclic) bond motifs is 2. The molecule has 0 aliphatic carbocycles. The third-order valence-corrected chi connectivity index (χ3v) is 2.65. The van der Waals surface area contributed by atoms with Crippen molar-refractivity contribution in [2.24, 2.45) is 0 Å². The first-order valence-corrected chi connectivity index (χ1v) is 4.63. The quantitative estimate of drug-likeness (QED) is 0.683. The Hall–Kier alpha value is -1.82. The fourth-order valence-electron chi connectivity index (χ4n) is 1.93. The molecule has 6 nitrogen and oxygen atoms in total. The first kappa shape index (κ1) is 8.49. The second-order valence-electron chi connectivity index (χ2n) is 3.60. The number of carbonyl (C=O) groups excluding carboxylic acids is 1. The molecule has 3 heterocycles. The molecule has 0 aromatic carbocycles. The molecule has 78 valence electrons. The number of hydrogen-bond donors (Lipinski definition) is 1. The van der Waals surface area contributed by atoms with Gasteiger partial charge in [-0.25, -0.2) is 9.78 Å². The van der Waals surface area contributed by atoms with Crippen molar-refractivity contribution in [1.82, 2.24) is 14.9 Å². The first-order valence-electron chi connectivity index (χ1n) is 4.63. The predicted molar refractivity (Wildman–Crippen MR) is 48.9 cm³/mol. The van der Waals surface area contributed by atoms with E-state index in [1.165, 1.54) is 6.26 Å². The van der Waals surface area contributed by atoms with E-state index >= 15 is 0 Å². The van der Waals surface area contributed by atoms with Crippen molar-refractivity contribution < 1.29 is 14.4 Å². The third kappa shape index (κ3) is 1.15. The predicted octanol–water partition coefficient (Wildman–Crippen LogP) is 0.567. The van der Waals surface area contributed by atoms with E-state index in [1.807, 2.05) is 6.08 Å². The van der Waals surface area contributed by atoms with E-state index < -0.39 is 0 Å². The number of carbonyl (C=O) groups is 1. The molecule has 1 fully saturated rings. The van der Waals surface area contributed by atoms with Crippen molar-refractivity contribution in [1.29, 1.82) is 0 Å². The number of amides is 2. The minimum absolute atomic E-state index is 0.284. The van der Waals surface area contributed by atoms with Crippen LogP contribution in [-0.2, 0) is 0 Å². The molecule has 1 aromatic heterocycles. The Morgan fingerprint density at radius 1 is 1.60 bits per heavy atom. The molecular weight excluding hydrogens is 198 g/mol. The Kier molecular flexibility index (Phi) is 1.60. The van der Waals surface area contributed by atoms with Gasteiger partial charge in [0, 0.05) is 12.1 Å². The van der Waals surface area contributed by atoms with Crippen molar-refractivity contribution in [3.8, 4) is 0 Å². The van der Waals surface area contributed by atoms with Crippen molar-refractivity contribution in [3.05, 3.63) is 24.4 Å². The molecule has 0 saturated carbocycles. The van der Waals surface area contributed by atoms with Crippen molar-refractivity contribution >= 4 is 11.6 Å². The van der Waals surface area contributed by atoms with Crippen LogP contribution < -0.4 is 0 Å². The summed E-state index contributed by atoms with van der Waals surface area (Å²) in [5, 5.41) is 10.2. The van der Waals surface area contributed by atoms with E-state index in [4.69, 9.17) is 4.42 Å². The second kappa shape index (κ2) is 2.83. The molecule has 1 atom stereocenters. The summed E-state index contributed by atoms with van der Waals surface area (Å²) in [5.74, 6) is 0.507. The largest absolute Gasteiger partial charge is 0.445 e. The van der Waals surface area contributed by atoms with Gasteiger partial charge in [0.25, 0.3) is 0 Å². The molecule has 2 amide bonds. The van der Waals surface area contributed by atoms with Crippen molar-refractivity contribution in [3.63, 3.8) is 0 Å². The minimum atomic E-state index is -0.363. The lowest BCUT2D eigenvalue weighted by Gasteiger charge is -2.18. The molecule has 2 aliphatic rings. The van der Waals surface area contributed by atoms with E-state index in [0.717, 1.165) is 10.6 Å². The number of hydroxylamine groups is 2. The van der Waals surface area contributed by atoms with E-state index in [2.05, 4.69) is 4.98 Å². The van der Waals surface area contributed by atoms with Gasteiger partial charge < -0.3 is 9.32 Å². The van der Waals surface area contributed by atoms with Gasteiger partial charge in [-0.15, -0.1) is 0 Å². The van der Waals surface area contributed by atoms with Gasteiger partial charge in [0.1, 0.15) is 6.26 Å². The van der Waals surface area contributed by atoms with Gasteiger partial charge in [0.05, 0.1) is 18.8 Å². The summed E-state index contributed by atoms with van der Waals surface area (Å²) in [6, 6.07) is -0.647. The van der Waals surface area contributed by atoms with Crippen LogP contribution in [0.3, 0.4) is 0 Å². The first-order chi connectivity index (χ1) is 7.25. The molecule has 1 saturated heterocycles. The molecule has 15 heavy (non-hydrogen) atoms. The lowest BCUT2D eigenvalue weighted by atomic mass is 10.1. The number of urea groups is 1. The van der Waals surface area contributed by atoms with Gasteiger partial charge in [0.15, 0.2) is 0 Å². The summed E-state index contributed by atoms with van der Waals surface area (Å²) >= 11 is 0. The molecule has 2 bridgehead atoms. The van der Waals surface area contributed by atoms with Crippen LogP contribution in [0.15, 0.2) is 23.0 Å². The molecule has 0 spiro atoms. The highest BCUT2D eigenvalue weighted by Crippen LogP contribution is 2.27. The Morgan fingerprint density at radius 2 is 2.47 bits per heavy atom. The average Bonchev–Trinajstić information content (AvgIpc) is 2.84. The Balaban J connectivity index is 1.96. The lowest BCUT2D eigenvalue weighted by Crippen LogP contribution is -2.30. The summed E-state index contributed by atoms with van der Waals surface area (Å²) in [6.07, 6.45) is 4.86. The zero-order valence-corrected chi connectivity index (χ0v) is 7.83. The van der Waals surface area contributed by atoms with Crippen LogP contribution in [0.25, 0.3) is 5.57 Å². The van der Waals surface area contributed by atoms with Gasteiger partial charge in [-0.2, -0.15) is 5.06 Å². The van der Waals surface area contributed by atoms with Crippen molar-refractivity contribution in [2.75, 3.05) is 13.1 Å². The maximum atomic E-state index is 11.4. The SMILES string of the molecule is O=C1N2CC(c3ncco3)=C[C@H](C2)N1O. The van der Waals surface area contributed by atoms with Crippen LogP contribution in [0.1, 0.15) is 5.89 Å². The maximum absolute atomic E-state index is 11.4. The summed E-state index contributed by atoms with van der Waals surface area (Å²) in [7, 11) is 0. The maximum Gasteiger partial charge on any atom is 0.344 e. The van der Waals surface area contributed by atoms with Gasteiger partial charge in [0.2, 0.25) is 5.89 Å². The van der Waals surface area contributed by atoms with Crippen molar-refractivity contribution in [2.45, 2.75) is 6.04 Å². The molecule has 6 heteroatoms. The van der Waals surface area contributed by atoms with E-state index in [1.54, 1.807) is 11.1 Å². The molecule has 1 N–H and O–H groups in total. The number of hydrogen-bond acceptors (Lipinski definition) is 4. The van der Waals surface area contributed by atoms with Crippen LogP contribution in [0.2, 0.25) is 0 Å². The summed E-state index contributed by atoms with van der Waals surface area (Å²) < 4.78 is 5.15. The van der Waals surface area contributed by atoms with Gasteiger partial charge in [-0.3, -0.25) is 5.21 Å². The highest BCUT2D eigenvalue weighted by atomic mass is 16.5. The number of nitrogens with zero attached hydrogens (tertiary/aromatic N) is 3. The van der Waals surface area contributed by atoms with Crippen LogP contribution in [0, 0.1) is 0 Å². The van der Waals surface area contributed by atoms with E-state index in [0.29, 0.717) is 19.0 Å². The highest BCUT2D eigenvalue weighted by Gasteiger charge is 2.39. The lowest BCUT2D eigenvalue weighted by molar-refractivity contribution is -0.0450. The van der Waals surface area contributed by atoms with Gasteiger partial charge in [-0.1, -0.05) is 0 Å². The number of aromatic nitrogens is 1. The Labute approximate surface area is 85.4 Å². The molecule has 3 rings (SSSR count). The number of oxazole rings is 1. The fraction of sp³-hybridized carbons (Fsp3) is 0.333. The smallest absolute Gasteiger partial charge is 0.344 e. The zero-order chi connectivity index (χ0) is 10.4. The number of rotatable bonds is 1. The van der Waals surface area contributed by atoms with Gasteiger partial charge in [-0.05, 0) is 6.08 Å². The summed E-state index contributed by atoms with van der Waals surface area (Å²) in [6.45, 7) is 0.965. The molecule has 0 unspecified atom stereocenters.